The van der Waals surface area contributed by atoms with E-state index in [2.05, 4.69) is 52.1 Å². The maximum atomic E-state index is 6.09. The van der Waals surface area contributed by atoms with Crippen LogP contribution in [-0.4, -0.2) is 10.2 Å². The van der Waals surface area contributed by atoms with Gasteiger partial charge < -0.3 is 5.73 Å². The first kappa shape index (κ1) is 15.1. The molecule has 4 heteroatoms. The number of benzene rings is 1. The molecule has 0 amide bonds. The lowest BCUT2D eigenvalue weighted by Gasteiger charge is -2.16. The second-order valence-electron chi connectivity index (χ2n) is 5.18. The molecule has 3 N–H and O–H groups in total. The Morgan fingerprint density at radius 1 is 1.15 bits per heavy atom. The first-order valence-corrected chi connectivity index (χ1v) is 8.06. The first-order chi connectivity index (χ1) is 9.67. The van der Waals surface area contributed by atoms with Gasteiger partial charge in [0.2, 0.25) is 0 Å². The van der Waals surface area contributed by atoms with Crippen LogP contribution in [0.5, 0.6) is 0 Å². The molecule has 0 fully saturated rings. The van der Waals surface area contributed by atoms with Crippen LogP contribution < -0.4 is 5.73 Å². The minimum Gasteiger partial charge on any atom is -0.382 e. The van der Waals surface area contributed by atoms with Crippen molar-refractivity contribution in [1.82, 2.24) is 10.2 Å². The third-order valence-electron chi connectivity index (χ3n) is 3.64. The molecule has 1 aromatic carbocycles. The fraction of sp³-hybridized carbons (Fsp3) is 0.438. The fourth-order valence-electron chi connectivity index (χ4n) is 2.72. The van der Waals surface area contributed by atoms with Crippen LogP contribution in [0.25, 0.3) is 11.1 Å². The fourth-order valence-corrected chi connectivity index (χ4v) is 2.98. The number of aromatic amines is 1. The lowest BCUT2D eigenvalue weighted by atomic mass is 9.90. The van der Waals surface area contributed by atoms with Crippen molar-refractivity contribution in [3.05, 3.63) is 34.4 Å². The Labute approximate surface area is 129 Å². The number of hydrogen-bond donors (Lipinski definition) is 2. The molecule has 0 saturated carbocycles. The predicted molar refractivity (Wildman–Crippen MR) is 88.7 cm³/mol. The first-order valence-electron chi connectivity index (χ1n) is 7.27. The minimum atomic E-state index is 0.508. The molecule has 0 atom stereocenters. The van der Waals surface area contributed by atoms with Crippen molar-refractivity contribution in [2.24, 2.45) is 0 Å². The van der Waals surface area contributed by atoms with Crippen LogP contribution in [0.4, 0.5) is 5.82 Å². The number of nitrogens with zero attached hydrogens (tertiary/aromatic N) is 1. The van der Waals surface area contributed by atoms with E-state index >= 15 is 0 Å². The van der Waals surface area contributed by atoms with E-state index in [-0.39, 0.29) is 0 Å². The summed E-state index contributed by atoms with van der Waals surface area (Å²) >= 11 is 3.47. The second kappa shape index (κ2) is 6.93. The van der Waals surface area contributed by atoms with Gasteiger partial charge in [-0.1, -0.05) is 54.8 Å². The molecule has 108 valence electrons. The van der Waals surface area contributed by atoms with Gasteiger partial charge in [0.25, 0.3) is 0 Å². The summed E-state index contributed by atoms with van der Waals surface area (Å²) in [6.07, 6.45) is 4.67. The Hall–Kier alpha value is -1.29. The van der Waals surface area contributed by atoms with Crippen LogP contribution >= 0.6 is 15.9 Å². The highest BCUT2D eigenvalue weighted by molar-refractivity contribution is 9.10. The summed E-state index contributed by atoms with van der Waals surface area (Å²) in [4.78, 5) is 0. The van der Waals surface area contributed by atoms with Gasteiger partial charge in [-0.25, -0.2) is 0 Å². The molecule has 0 aliphatic carbocycles. The highest BCUT2D eigenvalue weighted by Crippen LogP contribution is 2.36. The standard InChI is InChI=1S/C16H22BrN3/c1-3-5-12(6-4-2)15-14(16(18)20-19-15)11-7-9-13(17)10-8-11/h7-10,12H,3-6H2,1-2H3,(H3,18,19,20). The van der Waals surface area contributed by atoms with E-state index in [0.717, 1.165) is 15.6 Å². The van der Waals surface area contributed by atoms with Gasteiger partial charge in [-0.15, -0.1) is 0 Å². The normalized spacial score (nSPS) is 11.2. The summed E-state index contributed by atoms with van der Waals surface area (Å²) < 4.78 is 1.07. The Morgan fingerprint density at radius 3 is 2.30 bits per heavy atom. The largest absolute Gasteiger partial charge is 0.382 e. The maximum absolute atomic E-state index is 6.09. The smallest absolute Gasteiger partial charge is 0.153 e. The quantitative estimate of drug-likeness (QED) is 0.770. The molecule has 0 saturated heterocycles. The summed E-state index contributed by atoms with van der Waals surface area (Å²) in [5.41, 5.74) is 9.48. The number of nitrogens with two attached hydrogens (primary N) is 1. The van der Waals surface area contributed by atoms with Crippen LogP contribution in [0.2, 0.25) is 0 Å². The number of hydrogen-bond acceptors (Lipinski definition) is 2. The van der Waals surface area contributed by atoms with Crippen molar-refractivity contribution >= 4 is 21.7 Å². The van der Waals surface area contributed by atoms with E-state index in [1.54, 1.807) is 0 Å². The number of halogens is 1. The van der Waals surface area contributed by atoms with E-state index in [0.29, 0.717) is 11.7 Å². The molecule has 3 nitrogen and oxygen atoms in total. The number of nitrogen functional groups attached to an aromatic ring is 1. The zero-order valence-electron chi connectivity index (χ0n) is 12.1. The van der Waals surface area contributed by atoms with Crippen LogP contribution in [0.15, 0.2) is 28.7 Å². The van der Waals surface area contributed by atoms with Crippen molar-refractivity contribution in [3.8, 4) is 11.1 Å². The van der Waals surface area contributed by atoms with Gasteiger partial charge in [-0.05, 0) is 30.5 Å². The summed E-state index contributed by atoms with van der Waals surface area (Å²) in [7, 11) is 0. The number of nitrogens with one attached hydrogen (secondary N) is 1. The van der Waals surface area contributed by atoms with E-state index in [1.807, 2.05) is 12.1 Å². The highest BCUT2D eigenvalue weighted by Gasteiger charge is 2.20. The molecule has 0 aliphatic rings. The van der Waals surface area contributed by atoms with Crippen molar-refractivity contribution in [2.45, 2.75) is 45.4 Å². The van der Waals surface area contributed by atoms with Gasteiger partial charge in [-0.2, -0.15) is 5.10 Å². The number of anilines is 1. The van der Waals surface area contributed by atoms with E-state index in [1.165, 1.54) is 31.4 Å². The Kier molecular flexibility index (Phi) is 5.24. The topological polar surface area (TPSA) is 54.7 Å². The van der Waals surface area contributed by atoms with E-state index in [9.17, 15) is 0 Å². The maximum Gasteiger partial charge on any atom is 0.153 e. The van der Waals surface area contributed by atoms with Crippen LogP contribution in [0.3, 0.4) is 0 Å². The Morgan fingerprint density at radius 2 is 1.75 bits per heavy atom. The zero-order chi connectivity index (χ0) is 14.5. The molecule has 0 unspecified atom stereocenters. The average Bonchev–Trinajstić information content (AvgIpc) is 2.81. The highest BCUT2D eigenvalue weighted by atomic mass is 79.9. The zero-order valence-corrected chi connectivity index (χ0v) is 13.7. The summed E-state index contributed by atoms with van der Waals surface area (Å²) in [6, 6.07) is 8.26. The van der Waals surface area contributed by atoms with Gasteiger partial charge >= 0.3 is 0 Å². The summed E-state index contributed by atoms with van der Waals surface area (Å²) in [6.45, 7) is 4.45. The molecule has 0 bridgehead atoms. The predicted octanol–water partition coefficient (Wildman–Crippen LogP) is 5.11. The summed E-state index contributed by atoms with van der Waals surface area (Å²) in [5.74, 6) is 1.10. The minimum absolute atomic E-state index is 0.508. The molecular formula is C16H22BrN3. The van der Waals surface area contributed by atoms with Gasteiger partial charge in [0.05, 0.1) is 0 Å². The molecule has 1 aromatic heterocycles. The molecular weight excluding hydrogens is 314 g/mol. The Bertz CT molecular complexity index is 539. The Balaban J connectivity index is 2.42. The van der Waals surface area contributed by atoms with Crippen molar-refractivity contribution in [1.29, 1.82) is 0 Å². The van der Waals surface area contributed by atoms with E-state index in [4.69, 9.17) is 5.73 Å². The summed E-state index contributed by atoms with van der Waals surface area (Å²) in [5, 5.41) is 7.41. The van der Waals surface area contributed by atoms with Crippen LogP contribution in [0.1, 0.15) is 51.1 Å². The van der Waals surface area contributed by atoms with Crippen LogP contribution in [0, 0.1) is 0 Å². The van der Waals surface area contributed by atoms with Gasteiger partial charge in [0.15, 0.2) is 5.82 Å². The third kappa shape index (κ3) is 3.23. The molecule has 0 aliphatic heterocycles. The van der Waals surface area contributed by atoms with Crippen molar-refractivity contribution in [3.63, 3.8) is 0 Å². The average molecular weight is 336 g/mol. The van der Waals surface area contributed by atoms with Crippen molar-refractivity contribution in [2.75, 3.05) is 5.73 Å². The van der Waals surface area contributed by atoms with E-state index < -0.39 is 0 Å². The molecule has 0 radical (unpaired) electrons. The lowest BCUT2D eigenvalue weighted by Crippen LogP contribution is -2.01. The molecule has 2 aromatic rings. The monoisotopic (exact) mass is 335 g/mol. The molecule has 20 heavy (non-hydrogen) atoms. The van der Waals surface area contributed by atoms with Gasteiger partial charge in [0.1, 0.15) is 0 Å². The lowest BCUT2D eigenvalue weighted by molar-refractivity contribution is 0.548. The third-order valence-corrected chi connectivity index (χ3v) is 4.17. The van der Waals surface area contributed by atoms with Crippen molar-refractivity contribution < 1.29 is 0 Å². The molecule has 1 heterocycles. The number of H-pyrrole nitrogens is 1. The van der Waals surface area contributed by atoms with Crippen LogP contribution in [-0.2, 0) is 0 Å². The van der Waals surface area contributed by atoms with Gasteiger partial charge in [0, 0.05) is 21.6 Å². The number of rotatable bonds is 6. The van der Waals surface area contributed by atoms with Gasteiger partial charge in [-0.3, -0.25) is 5.10 Å². The molecule has 0 spiro atoms. The SMILES string of the molecule is CCCC(CCC)c1[nH]nc(N)c1-c1ccc(Br)cc1. The number of aromatic nitrogens is 2. The molecule has 2 rings (SSSR count). The second-order valence-corrected chi connectivity index (χ2v) is 6.09.